The molecule has 0 radical (unpaired) electrons. The fourth-order valence-electron chi connectivity index (χ4n) is 2.04. The zero-order chi connectivity index (χ0) is 14.9. The number of hydrogen-bond donors (Lipinski definition) is 0. The first-order valence-electron chi connectivity index (χ1n) is 6.50. The van der Waals surface area contributed by atoms with Crippen LogP contribution in [-0.4, -0.2) is 15.6 Å². The Morgan fingerprint density at radius 1 is 1.35 bits per heavy atom. The number of rotatable bonds is 5. The van der Waals surface area contributed by atoms with Crippen molar-refractivity contribution in [3.05, 3.63) is 37.3 Å². The number of aryl methyl sites for hydroxylation is 3. The van der Waals surface area contributed by atoms with Crippen LogP contribution in [0.2, 0.25) is 10.0 Å². The molecule has 0 aliphatic rings. The lowest BCUT2D eigenvalue weighted by Crippen LogP contribution is -2.09. The smallest absolute Gasteiger partial charge is 0.180 e. The van der Waals surface area contributed by atoms with Gasteiger partial charge in [-0.1, -0.05) is 30.1 Å². The van der Waals surface area contributed by atoms with Crippen LogP contribution in [-0.2, 0) is 19.4 Å². The van der Waals surface area contributed by atoms with Crippen LogP contribution in [0.25, 0.3) is 0 Å². The topological polar surface area (TPSA) is 34.9 Å². The molecule has 0 bridgehead atoms. The van der Waals surface area contributed by atoms with Crippen LogP contribution in [0, 0.1) is 6.92 Å². The maximum atomic E-state index is 12.4. The Hall–Kier alpha value is -0.840. The first-order valence-corrected chi connectivity index (χ1v) is 8.13. The Kier molecular flexibility index (Phi) is 4.89. The maximum Gasteiger partial charge on any atom is 0.180 e. The monoisotopic (exact) mass is 330 g/mol. The van der Waals surface area contributed by atoms with Crippen LogP contribution in [0.15, 0.2) is 5.38 Å². The van der Waals surface area contributed by atoms with Crippen molar-refractivity contribution in [2.75, 3.05) is 0 Å². The summed E-state index contributed by atoms with van der Waals surface area (Å²) in [7, 11) is 0. The highest BCUT2D eigenvalue weighted by molar-refractivity contribution is 7.13. The van der Waals surface area contributed by atoms with Crippen molar-refractivity contribution in [3.63, 3.8) is 0 Å². The predicted molar refractivity (Wildman–Crippen MR) is 84.4 cm³/mol. The van der Waals surface area contributed by atoms with Crippen molar-refractivity contribution in [1.29, 1.82) is 0 Å². The Balaban J connectivity index is 2.32. The van der Waals surface area contributed by atoms with Crippen molar-refractivity contribution in [2.24, 2.45) is 0 Å². The maximum absolute atomic E-state index is 12.4. The summed E-state index contributed by atoms with van der Waals surface area (Å²) in [6, 6.07) is 0. The Morgan fingerprint density at radius 3 is 2.55 bits per heavy atom. The summed E-state index contributed by atoms with van der Waals surface area (Å²) in [6.45, 7) is 6.58. The number of ketones is 1. The fraction of sp³-hybridized carbons (Fsp3) is 0.429. The number of hydrogen-bond acceptors (Lipinski definition) is 3. The minimum atomic E-state index is -0.00717. The lowest BCUT2D eigenvalue weighted by atomic mass is 10.1. The van der Waals surface area contributed by atoms with Crippen molar-refractivity contribution >= 4 is 40.3 Å². The average Bonchev–Trinajstić information content (AvgIpc) is 2.92. The Bertz CT molecular complexity index is 646. The number of Topliss-reactive ketones (excluding diaryl/α,β-unsaturated/α-hetero) is 1. The molecule has 0 unspecified atom stereocenters. The molecular weight excluding hydrogens is 315 g/mol. The molecule has 0 aliphatic heterocycles. The number of carbonyl (C=O) groups excluding carboxylic acids is 1. The quantitative estimate of drug-likeness (QED) is 0.753. The van der Waals surface area contributed by atoms with Crippen LogP contribution in [0.1, 0.15) is 40.5 Å². The second kappa shape index (κ2) is 6.29. The molecule has 20 heavy (non-hydrogen) atoms. The van der Waals surface area contributed by atoms with Gasteiger partial charge in [0.15, 0.2) is 5.78 Å². The number of nitrogens with zero attached hydrogens (tertiary/aromatic N) is 2. The van der Waals surface area contributed by atoms with Gasteiger partial charge < -0.3 is 0 Å². The van der Waals surface area contributed by atoms with Crippen LogP contribution in [0.4, 0.5) is 0 Å². The van der Waals surface area contributed by atoms with Gasteiger partial charge in [0.25, 0.3) is 0 Å². The van der Waals surface area contributed by atoms with Crippen molar-refractivity contribution < 1.29 is 4.79 Å². The fourth-order valence-corrected chi connectivity index (χ4v) is 3.61. The van der Waals surface area contributed by atoms with Gasteiger partial charge in [-0.25, -0.2) is 0 Å². The van der Waals surface area contributed by atoms with E-state index in [0.717, 1.165) is 23.4 Å². The number of aromatic nitrogens is 2. The minimum Gasteiger partial charge on any atom is -0.293 e. The molecule has 0 N–H and O–H groups in total. The highest BCUT2D eigenvalue weighted by Crippen LogP contribution is 2.30. The summed E-state index contributed by atoms with van der Waals surface area (Å²) in [4.78, 5) is 13.0. The van der Waals surface area contributed by atoms with E-state index >= 15 is 0 Å². The highest BCUT2D eigenvalue weighted by atomic mass is 35.5. The molecule has 2 heterocycles. The van der Waals surface area contributed by atoms with Gasteiger partial charge in [0.1, 0.15) is 0 Å². The van der Waals surface area contributed by atoms with E-state index in [2.05, 4.69) is 5.10 Å². The van der Waals surface area contributed by atoms with E-state index in [1.807, 2.05) is 26.2 Å². The SMILES string of the molecule is CCc1nn(CC)c(CC(=O)c2scc(C)c2Cl)c1Cl. The molecule has 3 nitrogen and oxygen atoms in total. The zero-order valence-electron chi connectivity index (χ0n) is 11.7. The van der Waals surface area contributed by atoms with E-state index in [9.17, 15) is 4.79 Å². The van der Waals surface area contributed by atoms with E-state index < -0.39 is 0 Å². The van der Waals surface area contributed by atoms with Crippen molar-refractivity contribution in [1.82, 2.24) is 9.78 Å². The Morgan fingerprint density at radius 2 is 2.05 bits per heavy atom. The molecular formula is C14H16Cl2N2OS. The molecule has 0 amide bonds. The summed E-state index contributed by atoms with van der Waals surface area (Å²) in [5, 5.41) is 7.47. The van der Waals surface area contributed by atoms with Gasteiger partial charge in [-0.3, -0.25) is 9.48 Å². The van der Waals surface area contributed by atoms with Crippen molar-refractivity contribution in [3.8, 4) is 0 Å². The number of carbonyl (C=O) groups is 1. The first kappa shape index (κ1) is 15.5. The van der Waals surface area contributed by atoms with E-state index in [4.69, 9.17) is 23.2 Å². The van der Waals surface area contributed by atoms with Gasteiger partial charge in [-0.15, -0.1) is 11.3 Å². The Labute approximate surface area is 132 Å². The number of halogens is 2. The molecule has 0 aromatic carbocycles. The molecule has 2 aromatic rings. The van der Waals surface area contributed by atoms with Crippen LogP contribution in [0.3, 0.4) is 0 Å². The summed E-state index contributed by atoms with van der Waals surface area (Å²) in [6.07, 6.45) is 0.991. The molecule has 0 fully saturated rings. The van der Waals surface area contributed by atoms with Gasteiger partial charge in [0, 0.05) is 6.54 Å². The van der Waals surface area contributed by atoms with Crippen LogP contribution < -0.4 is 0 Å². The van der Waals surface area contributed by atoms with E-state index in [1.54, 1.807) is 4.68 Å². The molecule has 0 aliphatic carbocycles. The normalized spacial score (nSPS) is 11.1. The highest BCUT2D eigenvalue weighted by Gasteiger charge is 2.21. The first-order chi connectivity index (χ1) is 9.49. The van der Waals surface area contributed by atoms with E-state index in [-0.39, 0.29) is 12.2 Å². The van der Waals surface area contributed by atoms with Gasteiger partial charge in [-0.05, 0) is 31.2 Å². The van der Waals surface area contributed by atoms with E-state index in [1.165, 1.54) is 11.3 Å². The standard InChI is InChI=1S/C14H16Cl2N2OS/c1-4-9-13(16)10(18(5-2)17-9)6-11(19)14-12(15)8(3)7-20-14/h7H,4-6H2,1-3H3. The van der Waals surface area contributed by atoms with Crippen LogP contribution in [0.5, 0.6) is 0 Å². The molecule has 2 rings (SSSR count). The second-order valence-corrected chi connectivity index (χ2v) is 6.17. The molecule has 0 spiro atoms. The molecule has 108 valence electrons. The summed E-state index contributed by atoms with van der Waals surface area (Å²) < 4.78 is 1.80. The molecule has 2 aromatic heterocycles. The minimum absolute atomic E-state index is 0.00717. The van der Waals surface area contributed by atoms with Gasteiger partial charge in [0.05, 0.1) is 32.7 Å². The third-order valence-electron chi connectivity index (χ3n) is 3.17. The summed E-state index contributed by atoms with van der Waals surface area (Å²) in [5.41, 5.74) is 2.55. The van der Waals surface area contributed by atoms with Gasteiger partial charge in [0.2, 0.25) is 0 Å². The van der Waals surface area contributed by atoms with Gasteiger partial charge >= 0.3 is 0 Å². The second-order valence-electron chi connectivity index (χ2n) is 4.54. The molecule has 0 atom stereocenters. The van der Waals surface area contributed by atoms with Gasteiger partial charge in [-0.2, -0.15) is 5.10 Å². The number of thiophene rings is 1. The third kappa shape index (κ3) is 2.78. The lowest BCUT2D eigenvalue weighted by Gasteiger charge is -2.04. The largest absolute Gasteiger partial charge is 0.293 e. The average molecular weight is 331 g/mol. The third-order valence-corrected chi connectivity index (χ3v) is 5.35. The predicted octanol–water partition coefficient (Wildman–Crippen LogP) is 4.57. The summed E-state index contributed by atoms with van der Waals surface area (Å²) >= 11 is 13.9. The summed E-state index contributed by atoms with van der Waals surface area (Å²) in [5.74, 6) is -0.00717. The molecule has 0 saturated carbocycles. The van der Waals surface area contributed by atoms with Crippen molar-refractivity contribution in [2.45, 2.75) is 40.2 Å². The molecule has 6 heteroatoms. The molecule has 0 saturated heterocycles. The zero-order valence-corrected chi connectivity index (χ0v) is 14.0. The lowest BCUT2D eigenvalue weighted by molar-refractivity contribution is 0.0994. The van der Waals surface area contributed by atoms with E-state index in [0.29, 0.717) is 21.5 Å². The van der Waals surface area contributed by atoms with Crippen LogP contribution >= 0.6 is 34.5 Å².